The first kappa shape index (κ1) is 30.1. The number of nitrogens with zero attached hydrogens (tertiary/aromatic N) is 2. The summed E-state index contributed by atoms with van der Waals surface area (Å²) in [6, 6.07) is 40.0. The number of aliphatic hydroxyl groups is 2. The van der Waals surface area contributed by atoms with E-state index in [0.717, 1.165) is 22.3 Å². The smallest absolute Gasteiger partial charge is 0.257 e. The third kappa shape index (κ3) is 11.2. The van der Waals surface area contributed by atoms with Gasteiger partial charge >= 0.3 is 0 Å². The van der Waals surface area contributed by atoms with E-state index in [0.29, 0.717) is 26.2 Å². The van der Waals surface area contributed by atoms with Crippen molar-refractivity contribution in [3.05, 3.63) is 144 Å². The van der Waals surface area contributed by atoms with Gasteiger partial charge in [-0.3, -0.25) is 0 Å². The predicted molar refractivity (Wildman–Crippen MR) is 155 cm³/mol. The van der Waals surface area contributed by atoms with Crippen LogP contribution in [-0.2, 0) is 45.7 Å². The molecule has 0 fully saturated rings. The van der Waals surface area contributed by atoms with Crippen LogP contribution in [0.5, 0.6) is 0 Å². The zero-order chi connectivity index (χ0) is 25.6. The normalized spacial score (nSPS) is 9.73. The summed E-state index contributed by atoms with van der Waals surface area (Å²) in [5.74, 6) is 0. The van der Waals surface area contributed by atoms with Gasteiger partial charge in [-0.25, -0.2) is 0 Å². The second-order valence-corrected chi connectivity index (χ2v) is 8.95. The van der Waals surface area contributed by atoms with Gasteiger partial charge in [-0.1, -0.05) is 121 Å². The van der Waals surface area contributed by atoms with E-state index >= 15 is 0 Å². The molecule has 0 aliphatic heterocycles. The van der Waals surface area contributed by atoms with Crippen molar-refractivity contribution in [2.75, 3.05) is 0 Å². The summed E-state index contributed by atoms with van der Waals surface area (Å²) in [6.45, 7) is 2.46. The third-order valence-electron chi connectivity index (χ3n) is 5.41. The molecule has 0 aromatic heterocycles. The van der Waals surface area contributed by atoms with E-state index in [1.165, 1.54) is 0 Å². The zero-order valence-corrected chi connectivity index (χ0v) is 25.3. The van der Waals surface area contributed by atoms with E-state index in [1.54, 1.807) is 9.80 Å². The molecule has 4 nitrogen and oxygen atoms in total. The summed E-state index contributed by atoms with van der Waals surface area (Å²) >= 11 is 9.79. The summed E-state index contributed by atoms with van der Waals surface area (Å²) in [6.07, 6.45) is 0. The van der Waals surface area contributed by atoms with Gasteiger partial charge < -0.3 is 20.0 Å². The Labute approximate surface area is 243 Å². The fourth-order valence-corrected chi connectivity index (χ4v) is 3.86. The Bertz CT molecular complexity index is 1020. The van der Waals surface area contributed by atoms with Gasteiger partial charge in [-0.05, 0) is 46.7 Å². The van der Waals surface area contributed by atoms with Crippen molar-refractivity contribution in [2.45, 2.75) is 26.2 Å². The first-order valence-corrected chi connectivity index (χ1v) is 12.4. The van der Waals surface area contributed by atoms with Crippen LogP contribution in [0.25, 0.3) is 0 Å². The van der Waals surface area contributed by atoms with E-state index in [-0.39, 0.29) is 29.8 Å². The van der Waals surface area contributed by atoms with Crippen LogP contribution in [0.1, 0.15) is 22.3 Å². The third-order valence-corrected chi connectivity index (χ3v) is 5.92. The monoisotopic (exact) mass is 578 g/mol. The van der Waals surface area contributed by atoms with Crippen molar-refractivity contribution in [3.63, 3.8) is 0 Å². The first-order chi connectivity index (χ1) is 17.5. The summed E-state index contributed by atoms with van der Waals surface area (Å²) < 4.78 is 0. The van der Waals surface area contributed by atoms with Crippen LogP contribution in [0.3, 0.4) is 0 Å². The van der Waals surface area contributed by atoms with Gasteiger partial charge in [0.25, 0.3) is 10.3 Å². The number of benzene rings is 4. The fraction of sp³-hybridized carbons (Fsp3) is 0.133. The number of aliphatic hydroxyl groups excluding tert-OH is 2. The molecule has 0 heterocycles. The van der Waals surface area contributed by atoms with Gasteiger partial charge in [0, 0.05) is 45.7 Å². The van der Waals surface area contributed by atoms with Crippen molar-refractivity contribution in [1.29, 1.82) is 0 Å². The molecule has 0 bridgehead atoms. The molecule has 2 N–H and O–H groups in total. The Balaban J connectivity index is 0.000000253. The molecular formula is C30H30N2O2S2Zn. The molecule has 4 aromatic carbocycles. The second-order valence-electron chi connectivity index (χ2n) is 8.22. The van der Waals surface area contributed by atoms with Crippen molar-refractivity contribution in [2.24, 2.45) is 0 Å². The molecule has 0 aliphatic carbocycles. The quantitative estimate of drug-likeness (QED) is 0.172. The Morgan fingerprint density at radius 3 is 0.784 bits per heavy atom. The van der Waals surface area contributed by atoms with E-state index in [9.17, 15) is 10.2 Å². The molecule has 7 heteroatoms. The van der Waals surface area contributed by atoms with Crippen LogP contribution in [0.2, 0.25) is 0 Å². The van der Waals surface area contributed by atoms with Gasteiger partial charge in [-0.2, -0.15) is 0 Å². The van der Waals surface area contributed by atoms with Gasteiger partial charge in [0.05, 0.1) is 0 Å². The van der Waals surface area contributed by atoms with E-state index < -0.39 is 0 Å². The molecule has 0 spiro atoms. The number of rotatable bonds is 8. The minimum Gasteiger partial charge on any atom is -0.486 e. The van der Waals surface area contributed by atoms with Crippen LogP contribution in [0, 0.1) is 0 Å². The maximum atomic E-state index is 9.59. The molecule has 0 atom stereocenters. The molecule has 0 amide bonds. The second kappa shape index (κ2) is 16.6. The maximum Gasteiger partial charge on any atom is 0.257 e. The van der Waals surface area contributed by atoms with Gasteiger partial charge in [-0.15, -0.1) is 0 Å². The molecule has 186 valence electrons. The average Bonchev–Trinajstić information content (AvgIpc) is 2.91. The maximum absolute atomic E-state index is 9.59. The fourth-order valence-electron chi connectivity index (χ4n) is 3.60. The molecule has 4 rings (SSSR count). The van der Waals surface area contributed by atoms with Crippen LogP contribution < -0.4 is 0 Å². The molecule has 0 saturated carbocycles. The van der Waals surface area contributed by atoms with Crippen molar-refractivity contribution in [1.82, 2.24) is 9.80 Å². The predicted octanol–water partition coefficient (Wildman–Crippen LogP) is 7.06. The summed E-state index contributed by atoms with van der Waals surface area (Å²) in [5.41, 5.74) is 4.52. The molecule has 37 heavy (non-hydrogen) atoms. The number of hydrogen-bond acceptors (Lipinski definition) is 2. The molecule has 0 saturated heterocycles. The topological polar surface area (TPSA) is 46.9 Å². The standard InChI is InChI=1S/2C15H15NOS.Zn/c2*17-15(18)16(11-13-7-3-1-4-8-13)12-14-9-5-2-6-10-14;/h2*1-10H,11-12H2,(H,17,18);. The van der Waals surface area contributed by atoms with E-state index in [1.807, 2.05) is 121 Å². The van der Waals surface area contributed by atoms with Crippen LogP contribution in [0.15, 0.2) is 121 Å². The van der Waals surface area contributed by atoms with Crippen LogP contribution >= 0.6 is 24.4 Å². The first-order valence-electron chi connectivity index (χ1n) is 11.6. The minimum atomic E-state index is -0.0669. The molecule has 4 aromatic rings. The van der Waals surface area contributed by atoms with Crippen molar-refractivity contribution in [3.8, 4) is 0 Å². The Hall–Kier alpha value is -3.12. The number of thiocarbonyl (C=S) groups is 2. The average molecular weight is 580 g/mol. The molecule has 0 radical (unpaired) electrons. The Morgan fingerprint density at radius 1 is 0.432 bits per heavy atom. The van der Waals surface area contributed by atoms with Crippen molar-refractivity contribution < 1.29 is 29.7 Å². The van der Waals surface area contributed by atoms with Crippen LogP contribution in [-0.4, -0.2) is 30.4 Å². The molecule has 0 aliphatic rings. The Morgan fingerprint density at radius 2 is 0.622 bits per heavy atom. The van der Waals surface area contributed by atoms with Crippen LogP contribution in [0.4, 0.5) is 0 Å². The summed E-state index contributed by atoms with van der Waals surface area (Å²) in [5, 5.41) is 19.1. The minimum absolute atomic E-state index is 0. The largest absolute Gasteiger partial charge is 0.486 e. The molecule has 0 unspecified atom stereocenters. The summed E-state index contributed by atoms with van der Waals surface area (Å²) in [4.78, 5) is 3.56. The SMILES string of the molecule is OC(=S)N(Cc1ccccc1)Cc1ccccc1.OC(=S)N(Cc1ccccc1)Cc1ccccc1.[Zn]. The van der Waals surface area contributed by atoms with Gasteiger partial charge in [0.1, 0.15) is 0 Å². The van der Waals surface area contributed by atoms with E-state index in [4.69, 9.17) is 24.4 Å². The number of hydrogen-bond donors (Lipinski definition) is 2. The Kier molecular flexibility index (Phi) is 13.5. The van der Waals surface area contributed by atoms with Gasteiger partial charge in [0.15, 0.2) is 0 Å². The van der Waals surface area contributed by atoms with Gasteiger partial charge in [0.2, 0.25) is 0 Å². The summed E-state index contributed by atoms with van der Waals surface area (Å²) in [7, 11) is 0. The van der Waals surface area contributed by atoms with E-state index in [2.05, 4.69) is 0 Å². The molecular weight excluding hydrogens is 550 g/mol. The zero-order valence-electron chi connectivity index (χ0n) is 20.7. The van der Waals surface area contributed by atoms with Crippen molar-refractivity contribution >= 4 is 34.8 Å².